The minimum Gasteiger partial charge on any atom is -0.466 e. The molecule has 0 saturated carbocycles. The molecule has 1 aliphatic heterocycles. The van der Waals surface area contributed by atoms with Gasteiger partial charge in [-0.2, -0.15) is 0 Å². The standard InChI is InChI=1S/C18H16F2N2O5S/c1-10(23)22-14(9-28-17(22)15-3-2-6-26-15)18(25)27-8-16(24)21-13-7-11(19)4-5-12(13)20/h2-7,14,17H,8-9H2,1H3,(H,21,24)/t14-,17-/m1/s1. The van der Waals surface area contributed by atoms with Crippen LogP contribution in [0.15, 0.2) is 41.0 Å². The van der Waals surface area contributed by atoms with E-state index in [0.717, 1.165) is 18.2 Å². The van der Waals surface area contributed by atoms with Gasteiger partial charge >= 0.3 is 5.97 Å². The third kappa shape index (κ3) is 4.33. The van der Waals surface area contributed by atoms with Crippen molar-refractivity contribution < 1.29 is 32.3 Å². The first-order chi connectivity index (χ1) is 13.4. The first-order valence-corrected chi connectivity index (χ1v) is 9.27. The van der Waals surface area contributed by atoms with Crippen LogP contribution < -0.4 is 5.32 Å². The maximum atomic E-state index is 13.5. The molecule has 148 valence electrons. The maximum absolute atomic E-state index is 13.5. The second-order valence-electron chi connectivity index (χ2n) is 5.92. The molecule has 7 nitrogen and oxygen atoms in total. The lowest BCUT2D eigenvalue weighted by Crippen LogP contribution is -2.43. The van der Waals surface area contributed by atoms with Gasteiger partial charge in [0.05, 0.1) is 12.0 Å². The van der Waals surface area contributed by atoms with Gasteiger partial charge in [0.15, 0.2) is 6.61 Å². The molecule has 28 heavy (non-hydrogen) atoms. The molecule has 1 N–H and O–H groups in total. The molecule has 0 bridgehead atoms. The van der Waals surface area contributed by atoms with Gasteiger partial charge in [-0.25, -0.2) is 13.6 Å². The summed E-state index contributed by atoms with van der Waals surface area (Å²) in [5.74, 6) is -2.71. The fourth-order valence-electron chi connectivity index (χ4n) is 2.74. The number of nitrogens with one attached hydrogen (secondary N) is 1. The molecule has 1 aliphatic rings. The van der Waals surface area contributed by atoms with E-state index in [1.807, 2.05) is 0 Å². The van der Waals surface area contributed by atoms with Gasteiger partial charge in [-0.15, -0.1) is 11.8 Å². The van der Waals surface area contributed by atoms with Gasteiger partial charge in [0.1, 0.15) is 28.8 Å². The highest BCUT2D eigenvalue weighted by Gasteiger charge is 2.43. The van der Waals surface area contributed by atoms with Gasteiger partial charge in [0.2, 0.25) is 5.91 Å². The van der Waals surface area contributed by atoms with Crippen molar-refractivity contribution >= 4 is 35.2 Å². The summed E-state index contributed by atoms with van der Waals surface area (Å²) < 4.78 is 37.0. The van der Waals surface area contributed by atoms with E-state index in [2.05, 4.69) is 5.32 Å². The molecule has 0 unspecified atom stereocenters. The lowest BCUT2D eigenvalue weighted by Gasteiger charge is -2.25. The average molecular weight is 410 g/mol. The minimum atomic E-state index is -0.892. The summed E-state index contributed by atoms with van der Waals surface area (Å²) in [6.45, 7) is 0.620. The number of amides is 2. The number of hydrogen-bond acceptors (Lipinski definition) is 6. The van der Waals surface area contributed by atoms with Crippen LogP contribution in [0.4, 0.5) is 14.5 Å². The van der Waals surface area contributed by atoms with Gasteiger partial charge in [-0.3, -0.25) is 9.59 Å². The molecule has 2 atom stereocenters. The minimum absolute atomic E-state index is 0.268. The van der Waals surface area contributed by atoms with Gasteiger partial charge in [-0.1, -0.05) is 0 Å². The quantitative estimate of drug-likeness (QED) is 0.763. The molecule has 0 aliphatic carbocycles. The Bertz CT molecular complexity index is 890. The molecule has 1 aromatic heterocycles. The number of furan rings is 1. The molecule has 1 aromatic carbocycles. The Morgan fingerprint density at radius 2 is 2.11 bits per heavy atom. The number of ether oxygens (including phenoxy) is 1. The number of anilines is 1. The number of halogens is 2. The Morgan fingerprint density at radius 3 is 2.79 bits per heavy atom. The Kier molecular flexibility index (Phi) is 5.98. The lowest BCUT2D eigenvalue weighted by atomic mass is 10.2. The van der Waals surface area contributed by atoms with E-state index in [1.54, 1.807) is 12.1 Å². The van der Waals surface area contributed by atoms with Crippen LogP contribution in [-0.2, 0) is 19.1 Å². The normalized spacial score (nSPS) is 18.8. The predicted molar refractivity (Wildman–Crippen MR) is 96.2 cm³/mol. The summed E-state index contributed by atoms with van der Waals surface area (Å²) in [5.41, 5.74) is -0.360. The topological polar surface area (TPSA) is 88.8 Å². The fraction of sp³-hybridized carbons (Fsp3) is 0.278. The Balaban J connectivity index is 1.60. The van der Waals surface area contributed by atoms with Crippen LogP contribution in [-0.4, -0.2) is 41.1 Å². The second-order valence-corrected chi connectivity index (χ2v) is 7.04. The van der Waals surface area contributed by atoms with Crippen LogP contribution in [0.5, 0.6) is 0 Å². The second kappa shape index (κ2) is 8.42. The summed E-state index contributed by atoms with van der Waals surface area (Å²) in [5, 5.41) is 1.66. The van der Waals surface area contributed by atoms with Gasteiger partial charge in [-0.05, 0) is 24.3 Å². The van der Waals surface area contributed by atoms with Crippen LogP contribution in [0.3, 0.4) is 0 Å². The van der Waals surface area contributed by atoms with Crippen molar-refractivity contribution in [3.63, 3.8) is 0 Å². The summed E-state index contributed by atoms with van der Waals surface area (Å²) in [6.07, 6.45) is 1.47. The van der Waals surface area contributed by atoms with E-state index in [1.165, 1.54) is 29.8 Å². The number of thioether (sulfide) groups is 1. The zero-order valence-electron chi connectivity index (χ0n) is 14.7. The number of carbonyl (C=O) groups excluding carboxylic acids is 3. The van der Waals surface area contributed by atoms with Crippen molar-refractivity contribution in [3.05, 3.63) is 54.0 Å². The lowest BCUT2D eigenvalue weighted by molar-refractivity contribution is -0.155. The molecule has 3 rings (SSSR count). The highest BCUT2D eigenvalue weighted by molar-refractivity contribution is 7.99. The number of hydrogen-bond donors (Lipinski definition) is 1. The molecule has 2 amide bonds. The van der Waals surface area contributed by atoms with E-state index in [0.29, 0.717) is 5.76 Å². The van der Waals surface area contributed by atoms with Crippen molar-refractivity contribution in [2.24, 2.45) is 0 Å². The van der Waals surface area contributed by atoms with E-state index in [4.69, 9.17) is 9.15 Å². The molecular weight excluding hydrogens is 394 g/mol. The number of benzene rings is 1. The van der Waals surface area contributed by atoms with E-state index < -0.39 is 41.5 Å². The summed E-state index contributed by atoms with van der Waals surface area (Å²) in [7, 11) is 0. The highest BCUT2D eigenvalue weighted by Crippen LogP contribution is 2.41. The van der Waals surface area contributed by atoms with Crippen molar-refractivity contribution in [3.8, 4) is 0 Å². The summed E-state index contributed by atoms with van der Waals surface area (Å²) >= 11 is 1.33. The fourth-order valence-corrected chi connectivity index (χ4v) is 4.15. The monoisotopic (exact) mass is 410 g/mol. The third-order valence-electron chi connectivity index (χ3n) is 3.97. The first-order valence-electron chi connectivity index (χ1n) is 8.22. The van der Waals surface area contributed by atoms with Crippen molar-refractivity contribution in [1.82, 2.24) is 4.90 Å². The van der Waals surface area contributed by atoms with E-state index in [9.17, 15) is 23.2 Å². The van der Waals surface area contributed by atoms with Crippen molar-refractivity contribution in [1.29, 1.82) is 0 Å². The zero-order chi connectivity index (χ0) is 20.3. The van der Waals surface area contributed by atoms with Crippen LogP contribution in [0, 0.1) is 11.6 Å². The number of nitrogens with zero attached hydrogens (tertiary/aromatic N) is 1. The van der Waals surface area contributed by atoms with Gasteiger partial charge in [0.25, 0.3) is 5.91 Å². The molecule has 0 radical (unpaired) electrons. The number of carbonyl (C=O) groups is 3. The van der Waals surface area contributed by atoms with Crippen LogP contribution in [0.1, 0.15) is 18.1 Å². The zero-order valence-corrected chi connectivity index (χ0v) is 15.5. The molecule has 1 fully saturated rings. The van der Waals surface area contributed by atoms with Gasteiger partial charge in [0, 0.05) is 18.7 Å². The van der Waals surface area contributed by atoms with E-state index in [-0.39, 0.29) is 17.3 Å². The molecular formula is C18H16F2N2O5S. The smallest absolute Gasteiger partial charge is 0.330 e. The Hall–Kier alpha value is -2.88. The highest BCUT2D eigenvalue weighted by atomic mass is 32.2. The molecule has 2 aromatic rings. The Morgan fingerprint density at radius 1 is 1.32 bits per heavy atom. The number of esters is 1. The number of rotatable bonds is 5. The summed E-state index contributed by atoms with van der Waals surface area (Å²) in [6, 6.07) is 5.07. The predicted octanol–water partition coefficient (Wildman–Crippen LogP) is 2.70. The summed E-state index contributed by atoms with van der Waals surface area (Å²) in [4.78, 5) is 37.6. The third-order valence-corrected chi connectivity index (χ3v) is 5.25. The molecule has 0 spiro atoms. The average Bonchev–Trinajstić information content (AvgIpc) is 3.31. The van der Waals surface area contributed by atoms with Crippen LogP contribution in [0.2, 0.25) is 0 Å². The van der Waals surface area contributed by atoms with Crippen molar-refractivity contribution in [2.75, 3.05) is 17.7 Å². The molecule has 1 saturated heterocycles. The largest absolute Gasteiger partial charge is 0.466 e. The van der Waals surface area contributed by atoms with Crippen LogP contribution >= 0.6 is 11.8 Å². The SMILES string of the molecule is CC(=O)N1[C@@H](C(=O)OCC(=O)Nc2cc(F)ccc2F)CS[C@@H]1c1ccco1. The molecule has 2 heterocycles. The van der Waals surface area contributed by atoms with Gasteiger partial charge < -0.3 is 19.4 Å². The van der Waals surface area contributed by atoms with Crippen molar-refractivity contribution in [2.45, 2.75) is 18.3 Å². The Labute approximate surface area is 163 Å². The first kappa shape index (κ1) is 19.9. The maximum Gasteiger partial charge on any atom is 0.330 e. The van der Waals surface area contributed by atoms with E-state index >= 15 is 0 Å². The molecule has 10 heteroatoms. The van der Waals surface area contributed by atoms with Crippen LogP contribution in [0.25, 0.3) is 0 Å².